The highest BCUT2D eigenvalue weighted by Crippen LogP contribution is 2.33. The number of rotatable bonds is 7. The van der Waals surface area contributed by atoms with E-state index in [1.807, 2.05) is 47.6 Å². The summed E-state index contributed by atoms with van der Waals surface area (Å²) in [5.41, 5.74) is 0.567. The Morgan fingerprint density at radius 1 is 1.19 bits per heavy atom. The van der Waals surface area contributed by atoms with Crippen molar-refractivity contribution in [3.63, 3.8) is 0 Å². The summed E-state index contributed by atoms with van der Waals surface area (Å²) in [6.45, 7) is 12.6. The van der Waals surface area contributed by atoms with Crippen molar-refractivity contribution in [3.8, 4) is 11.8 Å². The highest BCUT2D eigenvalue weighted by Gasteiger charge is 2.30. The van der Waals surface area contributed by atoms with Crippen LogP contribution in [-0.4, -0.2) is 29.1 Å². The second kappa shape index (κ2) is 8.90. The van der Waals surface area contributed by atoms with Crippen molar-refractivity contribution in [3.05, 3.63) is 28.8 Å². The van der Waals surface area contributed by atoms with Crippen LogP contribution in [0.4, 0.5) is 0 Å². The van der Waals surface area contributed by atoms with E-state index in [1.54, 1.807) is 13.0 Å². The van der Waals surface area contributed by atoms with Crippen LogP contribution in [0.5, 0.6) is 5.75 Å². The largest absolute Gasteiger partial charge is 0.507 e. The number of hydrogen-bond acceptors (Lipinski definition) is 5. The number of nitrogens with zero attached hydrogens (tertiary/aromatic N) is 1. The fraction of sp³-hybridized carbons (Fsp3) is 0.571. The molecule has 0 saturated carbocycles. The smallest absolute Gasteiger partial charge is 0.342 e. The number of hydrogen-bond donors (Lipinski definition) is 2. The molecular weight excluding hydrogens is 344 g/mol. The minimum Gasteiger partial charge on any atom is -0.507 e. The Kier molecular flexibility index (Phi) is 7.41. The number of carbonyl (C=O) groups excluding carboxylic acids is 2. The fourth-order valence-electron chi connectivity index (χ4n) is 2.45. The molecule has 0 radical (unpaired) electrons. The average Bonchev–Trinajstić information content (AvgIpc) is 2.58. The van der Waals surface area contributed by atoms with E-state index in [1.165, 1.54) is 0 Å². The van der Waals surface area contributed by atoms with Gasteiger partial charge in [-0.2, -0.15) is 5.26 Å². The molecule has 1 rings (SSSR count). The van der Waals surface area contributed by atoms with Gasteiger partial charge in [0.05, 0.1) is 6.07 Å². The third-order valence-electron chi connectivity index (χ3n) is 4.79. The van der Waals surface area contributed by atoms with Gasteiger partial charge in [-0.15, -0.1) is 0 Å². The van der Waals surface area contributed by atoms with Crippen molar-refractivity contribution in [2.45, 2.75) is 65.8 Å². The Balaban J connectivity index is 2.98. The van der Waals surface area contributed by atoms with E-state index in [0.29, 0.717) is 5.56 Å². The monoisotopic (exact) mass is 374 g/mol. The lowest BCUT2D eigenvalue weighted by molar-refractivity contribution is -0.125. The van der Waals surface area contributed by atoms with Gasteiger partial charge in [0.2, 0.25) is 0 Å². The summed E-state index contributed by atoms with van der Waals surface area (Å²) in [5, 5.41) is 22.3. The maximum Gasteiger partial charge on any atom is 0.342 e. The van der Waals surface area contributed by atoms with E-state index in [-0.39, 0.29) is 29.1 Å². The molecule has 2 N–H and O–H groups in total. The van der Waals surface area contributed by atoms with Crippen LogP contribution in [0.15, 0.2) is 12.1 Å². The summed E-state index contributed by atoms with van der Waals surface area (Å²) in [4.78, 5) is 24.6. The molecule has 0 aliphatic heterocycles. The molecule has 0 aliphatic carbocycles. The lowest BCUT2D eigenvalue weighted by Gasteiger charge is -2.27. The van der Waals surface area contributed by atoms with Gasteiger partial charge in [0.25, 0.3) is 5.91 Å². The minimum atomic E-state index is -1.05. The predicted octanol–water partition coefficient (Wildman–Crippen LogP) is 3.85. The maximum absolute atomic E-state index is 12.5. The lowest BCUT2D eigenvalue weighted by Crippen LogP contribution is -2.50. The van der Waals surface area contributed by atoms with Crippen molar-refractivity contribution in [2.75, 3.05) is 6.61 Å². The molecule has 0 bridgehead atoms. The summed E-state index contributed by atoms with van der Waals surface area (Å²) >= 11 is 0. The van der Waals surface area contributed by atoms with Crippen molar-refractivity contribution < 1.29 is 19.4 Å². The number of phenolic OH excluding ortho intramolecular Hbond substituents is 1. The standard InChI is InChI=1S/C21H30N2O4/c1-12(2)15-8-16(13(3)4)19(25)17(9-15)20(26)27-10-18(24)23-21(7,11-22)14(5)6/h8-9,12-14,25H,10H2,1-7H3,(H,23,24)/t21-/m0/s1. The van der Waals surface area contributed by atoms with Gasteiger partial charge in [0, 0.05) is 0 Å². The SMILES string of the molecule is CC(C)c1cc(C(=O)OCC(=O)N[C@@](C)(C#N)C(C)C)c(O)c(C(C)C)c1. The lowest BCUT2D eigenvalue weighted by atomic mass is 9.90. The quantitative estimate of drug-likeness (QED) is 0.706. The summed E-state index contributed by atoms with van der Waals surface area (Å²) in [7, 11) is 0. The van der Waals surface area contributed by atoms with Crippen LogP contribution in [0.1, 0.15) is 81.8 Å². The Bertz CT molecular complexity index is 747. The van der Waals surface area contributed by atoms with Gasteiger partial charge in [-0.3, -0.25) is 4.79 Å². The molecule has 0 spiro atoms. The Morgan fingerprint density at radius 3 is 2.22 bits per heavy atom. The third kappa shape index (κ3) is 5.46. The number of aromatic hydroxyl groups is 1. The predicted molar refractivity (Wildman–Crippen MR) is 104 cm³/mol. The Labute approximate surface area is 161 Å². The highest BCUT2D eigenvalue weighted by atomic mass is 16.5. The molecule has 27 heavy (non-hydrogen) atoms. The Morgan fingerprint density at radius 2 is 1.78 bits per heavy atom. The van der Waals surface area contributed by atoms with Gasteiger partial charge in [0.1, 0.15) is 16.9 Å². The third-order valence-corrected chi connectivity index (χ3v) is 4.79. The second-order valence-corrected chi connectivity index (χ2v) is 7.91. The highest BCUT2D eigenvalue weighted by molar-refractivity contribution is 5.94. The molecule has 0 fully saturated rings. The number of nitrogens with one attached hydrogen (secondary N) is 1. The van der Waals surface area contributed by atoms with Crippen LogP contribution in [0.25, 0.3) is 0 Å². The van der Waals surface area contributed by atoms with Crippen molar-refractivity contribution in [1.82, 2.24) is 5.32 Å². The topological polar surface area (TPSA) is 99.4 Å². The number of benzene rings is 1. The van der Waals surface area contributed by atoms with E-state index >= 15 is 0 Å². The number of ether oxygens (including phenoxy) is 1. The van der Waals surface area contributed by atoms with E-state index in [9.17, 15) is 20.0 Å². The number of amides is 1. The van der Waals surface area contributed by atoms with E-state index in [0.717, 1.165) is 5.56 Å². The zero-order valence-electron chi connectivity index (χ0n) is 17.2. The van der Waals surface area contributed by atoms with Gasteiger partial charge in [-0.05, 0) is 41.9 Å². The number of phenols is 1. The summed E-state index contributed by atoms with van der Waals surface area (Å²) in [5.74, 6) is -1.37. The average molecular weight is 374 g/mol. The van der Waals surface area contributed by atoms with Gasteiger partial charge >= 0.3 is 5.97 Å². The van der Waals surface area contributed by atoms with E-state index in [2.05, 4.69) is 11.4 Å². The van der Waals surface area contributed by atoms with E-state index < -0.39 is 24.0 Å². The first-order chi connectivity index (χ1) is 12.4. The van der Waals surface area contributed by atoms with Crippen LogP contribution in [0.3, 0.4) is 0 Å². The van der Waals surface area contributed by atoms with Gasteiger partial charge < -0.3 is 15.2 Å². The fourth-order valence-corrected chi connectivity index (χ4v) is 2.45. The van der Waals surface area contributed by atoms with Crippen LogP contribution in [0.2, 0.25) is 0 Å². The maximum atomic E-state index is 12.5. The first-order valence-corrected chi connectivity index (χ1v) is 9.19. The number of carbonyl (C=O) groups is 2. The van der Waals surface area contributed by atoms with Gasteiger partial charge in [-0.1, -0.05) is 47.6 Å². The second-order valence-electron chi connectivity index (χ2n) is 7.91. The minimum absolute atomic E-state index is 0.0286. The summed E-state index contributed by atoms with van der Waals surface area (Å²) < 4.78 is 5.09. The molecule has 1 amide bonds. The van der Waals surface area contributed by atoms with Crippen molar-refractivity contribution in [1.29, 1.82) is 5.26 Å². The molecule has 0 unspecified atom stereocenters. The van der Waals surface area contributed by atoms with Gasteiger partial charge in [0.15, 0.2) is 6.61 Å². The van der Waals surface area contributed by atoms with Gasteiger partial charge in [-0.25, -0.2) is 4.79 Å². The van der Waals surface area contributed by atoms with Crippen molar-refractivity contribution >= 4 is 11.9 Å². The molecule has 0 aliphatic rings. The molecule has 1 aromatic carbocycles. The van der Waals surface area contributed by atoms with Crippen molar-refractivity contribution in [2.24, 2.45) is 5.92 Å². The van der Waals surface area contributed by atoms with Crippen LogP contribution in [0, 0.1) is 17.2 Å². The first kappa shape index (κ1) is 22.5. The molecule has 1 atom stereocenters. The number of esters is 1. The van der Waals surface area contributed by atoms with Crippen LogP contribution < -0.4 is 5.32 Å². The molecular formula is C21H30N2O4. The molecule has 0 saturated heterocycles. The van der Waals surface area contributed by atoms with Crippen LogP contribution >= 0.6 is 0 Å². The Hall–Kier alpha value is -2.55. The zero-order valence-corrected chi connectivity index (χ0v) is 17.2. The summed E-state index contributed by atoms with van der Waals surface area (Å²) in [6.07, 6.45) is 0. The number of nitriles is 1. The molecule has 148 valence electrons. The molecule has 0 heterocycles. The molecule has 0 aromatic heterocycles. The normalized spacial score (nSPS) is 13.4. The van der Waals surface area contributed by atoms with E-state index in [4.69, 9.17) is 4.74 Å². The molecule has 6 heteroatoms. The molecule has 6 nitrogen and oxygen atoms in total. The first-order valence-electron chi connectivity index (χ1n) is 9.19. The van der Waals surface area contributed by atoms with Crippen LogP contribution in [-0.2, 0) is 9.53 Å². The summed E-state index contributed by atoms with van der Waals surface area (Å²) in [6, 6.07) is 5.55. The zero-order chi connectivity index (χ0) is 20.9. The molecule has 1 aromatic rings.